The Morgan fingerprint density at radius 2 is 1.46 bits per heavy atom. The standard InChI is InChI=1S/C23H40NO9PS/c1-9-11-12-17-18(24-16(13-35-17)19(25)29-10-2)34(28,32-14-30-20(26)22(3,4)5)33-15-31-21(27)23(6,7)8/h16,24H,9-15H2,1-8H3/t16-/m0/s1. The Morgan fingerprint density at radius 1 is 0.943 bits per heavy atom. The fraction of sp³-hybridized carbons (Fsp3) is 0.783. The maximum atomic E-state index is 14.0. The van der Waals surface area contributed by atoms with Gasteiger partial charge in [0.25, 0.3) is 0 Å². The van der Waals surface area contributed by atoms with E-state index in [4.69, 9.17) is 23.3 Å². The van der Waals surface area contributed by atoms with E-state index in [0.29, 0.717) is 17.1 Å². The molecule has 0 unspecified atom stereocenters. The maximum absolute atomic E-state index is 14.0. The second-order valence-corrected chi connectivity index (χ2v) is 13.1. The molecule has 0 fully saturated rings. The van der Waals surface area contributed by atoms with Gasteiger partial charge in [0.05, 0.1) is 17.4 Å². The van der Waals surface area contributed by atoms with Gasteiger partial charge in [-0.15, -0.1) is 11.8 Å². The predicted octanol–water partition coefficient (Wildman–Crippen LogP) is 4.93. The second kappa shape index (κ2) is 13.7. The van der Waals surface area contributed by atoms with Gasteiger partial charge in [0, 0.05) is 10.7 Å². The van der Waals surface area contributed by atoms with Crippen molar-refractivity contribution < 1.29 is 42.2 Å². The van der Waals surface area contributed by atoms with Crippen LogP contribution in [0.3, 0.4) is 0 Å². The van der Waals surface area contributed by atoms with Crippen LogP contribution in [0, 0.1) is 10.8 Å². The number of carbonyl (C=O) groups excluding carboxylic acids is 3. The van der Waals surface area contributed by atoms with Crippen LogP contribution in [-0.2, 0) is 42.2 Å². The summed E-state index contributed by atoms with van der Waals surface area (Å²) in [5.41, 5.74) is -1.51. The van der Waals surface area contributed by atoms with Crippen LogP contribution in [0.15, 0.2) is 10.3 Å². The highest BCUT2D eigenvalue weighted by Crippen LogP contribution is 2.59. The molecule has 0 amide bonds. The molecule has 0 aliphatic carbocycles. The summed E-state index contributed by atoms with van der Waals surface area (Å²) in [6.45, 7) is 12.6. The zero-order valence-corrected chi connectivity index (χ0v) is 23.8. The van der Waals surface area contributed by atoms with Crippen molar-refractivity contribution in [1.29, 1.82) is 0 Å². The van der Waals surface area contributed by atoms with Gasteiger partial charge in [-0.1, -0.05) is 13.3 Å². The Bertz CT molecular complexity index is 794. The molecule has 0 aromatic heterocycles. The zero-order chi connectivity index (χ0) is 26.9. The normalized spacial score (nSPS) is 17.0. The molecule has 35 heavy (non-hydrogen) atoms. The molecule has 0 aromatic carbocycles. The van der Waals surface area contributed by atoms with E-state index in [2.05, 4.69) is 5.32 Å². The number of ether oxygens (including phenoxy) is 3. The van der Waals surface area contributed by atoms with Gasteiger partial charge in [0.2, 0.25) is 13.6 Å². The third-order valence-corrected chi connectivity index (χ3v) is 7.90. The van der Waals surface area contributed by atoms with Gasteiger partial charge in [-0.25, -0.2) is 4.79 Å². The number of hydrogen-bond acceptors (Lipinski definition) is 11. The molecule has 0 radical (unpaired) electrons. The predicted molar refractivity (Wildman–Crippen MR) is 133 cm³/mol. The average molecular weight is 538 g/mol. The van der Waals surface area contributed by atoms with Crippen molar-refractivity contribution in [3.63, 3.8) is 0 Å². The molecule has 10 nitrogen and oxygen atoms in total. The highest BCUT2D eigenvalue weighted by molar-refractivity contribution is 8.03. The summed E-state index contributed by atoms with van der Waals surface area (Å²) >= 11 is 1.36. The van der Waals surface area contributed by atoms with E-state index in [0.717, 1.165) is 12.8 Å². The molecular weight excluding hydrogens is 497 g/mol. The van der Waals surface area contributed by atoms with Crippen LogP contribution in [0.25, 0.3) is 0 Å². The summed E-state index contributed by atoms with van der Waals surface area (Å²) in [6, 6.07) is -0.782. The van der Waals surface area contributed by atoms with E-state index in [1.165, 1.54) is 11.8 Å². The van der Waals surface area contributed by atoms with Crippen molar-refractivity contribution >= 4 is 37.3 Å². The van der Waals surface area contributed by atoms with Crippen LogP contribution in [0.2, 0.25) is 0 Å². The molecule has 1 heterocycles. The Hall–Kier alpha value is -1.55. The van der Waals surface area contributed by atoms with Gasteiger partial charge in [0.1, 0.15) is 11.5 Å². The third kappa shape index (κ3) is 10.1. The van der Waals surface area contributed by atoms with Crippen LogP contribution in [0.1, 0.15) is 74.7 Å². The van der Waals surface area contributed by atoms with Gasteiger partial charge in [-0.2, -0.15) is 0 Å². The highest BCUT2D eigenvalue weighted by atomic mass is 32.2. The van der Waals surface area contributed by atoms with Crippen LogP contribution in [0.5, 0.6) is 0 Å². The second-order valence-electron chi connectivity index (χ2n) is 9.99. The molecule has 12 heteroatoms. The fourth-order valence-corrected chi connectivity index (χ4v) is 5.61. The van der Waals surface area contributed by atoms with Gasteiger partial charge in [-0.3, -0.25) is 23.2 Å². The van der Waals surface area contributed by atoms with E-state index < -0.39 is 56.0 Å². The Labute approximate surface area is 212 Å². The highest BCUT2D eigenvalue weighted by Gasteiger charge is 2.41. The molecule has 0 bridgehead atoms. The minimum atomic E-state index is -4.22. The van der Waals surface area contributed by atoms with E-state index in [1.54, 1.807) is 48.5 Å². The molecule has 202 valence electrons. The van der Waals surface area contributed by atoms with Crippen molar-refractivity contribution in [2.45, 2.75) is 80.7 Å². The molecule has 1 rings (SSSR count). The first-order valence-corrected chi connectivity index (χ1v) is 14.2. The number of carbonyl (C=O) groups is 3. The van der Waals surface area contributed by atoms with Crippen molar-refractivity contribution in [1.82, 2.24) is 5.32 Å². The van der Waals surface area contributed by atoms with Gasteiger partial charge in [0.15, 0.2) is 0 Å². The van der Waals surface area contributed by atoms with Gasteiger partial charge < -0.3 is 19.5 Å². The smallest absolute Gasteiger partial charge is 0.383 e. The van der Waals surface area contributed by atoms with Crippen molar-refractivity contribution in [3.05, 3.63) is 10.3 Å². The maximum Gasteiger partial charge on any atom is 0.383 e. The number of allylic oxidation sites excluding steroid dienone is 1. The van der Waals surface area contributed by atoms with Crippen LogP contribution < -0.4 is 5.32 Å². The number of esters is 3. The monoisotopic (exact) mass is 537 g/mol. The summed E-state index contributed by atoms with van der Waals surface area (Å²) in [5, 5.41) is 2.96. The lowest BCUT2D eigenvalue weighted by atomic mass is 9.98. The lowest BCUT2D eigenvalue weighted by molar-refractivity contribution is -0.161. The van der Waals surface area contributed by atoms with Gasteiger partial charge in [-0.05, 0) is 61.3 Å². The largest absolute Gasteiger partial charge is 0.464 e. The molecule has 1 N–H and O–H groups in total. The van der Waals surface area contributed by atoms with E-state index in [1.807, 2.05) is 6.92 Å². The topological polar surface area (TPSA) is 126 Å². The summed E-state index contributed by atoms with van der Waals surface area (Å²) in [7, 11) is -4.22. The minimum absolute atomic E-state index is 0.0823. The SMILES string of the molecule is CCCCC1=C(P(=O)(OCOC(=O)C(C)(C)C)OCOC(=O)C(C)(C)C)N[C@H](C(=O)OCC)CS1. The average Bonchev–Trinajstić information content (AvgIpc) is 2.76. The summed E-state index contributed by atoms with van der Waals surface area (Å²) in [6.07, 6.45) is 2.26. The van der Waals surface area contributed by atoms with Gasteiger partial charge >= 0.3 is 25.5 Å². The molecule has 1 aliphatic rings. The number of hydrogen-bond donors (Lipinski definition) is 1. The van der Waals surface area contributed by atoms with Crippen molar-refractivity contribution in [3.8, 4) is 0 Å². The first-order chi connectivity index (χ1) is 16.2. The zero-order valence-electron chi connectivity index (χ0n) is 22.1. The fourth-order valence-electron chi connectivity index (χ4n) is 2.57. The Morgan fingerprint density at radius 3 is 1.89 bits per heavy atom. The van der Waals surface area contributed by atoms with Crippen LogP contribution in [0.4, 0.5) is 0 Å². The third-order valence-electron chi connectivity index (χ3n) is 4.65. The van der Waals surface area contributed by atoms with Crippen LogP contribution in [-0.4, -0.2) is 49.9 Å². The molecule has 1 aliphatic heterocycles. The molecule has 0 saturated heterocycles. The summed E-state index contributed by atoms with van der Waals surface area (Å²) < 4.78 is 40.4. The number of nitrogens with one attached hydrogen (secondary N) is 1. The molecule has 0 aromatic rings. The molecule has 0 spiro atoms. The van der Waals surface area contributed by atoms with E-state index >= 15 is 0 Å². The van der Waals surface area contributed by atoms with Crippen LogP contribution >= 0.6 is 19.4 Å². The molecule has 1 atom stereocenters. The lowest BCUT2D eigenvalue weighted by Crippen LogP contribution is -2.42. The Kier molecular flexibility index (Phi) is 12.3. The Balaban J connectivity index is 3.23. The minimum Gasteiger partial charge on any atom is -0.464 e. The van der Waals surface area contributed by atoms with E-state index in [9.17, 15) is 18.9 Å². The van der Waals surface area contributed by atoms with Crippen molar-refractivity contribution in [2.24, 2.45) is 10.8 Å². The molecule has 0 saturated carbocycles. The number of rotatable bonds is 12. The summed E-state index contributed by atoms with van der Waals surface area (Å²) in [5.74, 6) is -1.24. The van der Waals surface area contributed by atoms with Crippen molar-refractivity contribution in [2.75, 3.05) is 25.9 Å². The quantitative estimate of drug-likeness (QED) is 0.157. The molecular formula is C23H40NO9PS. The van der Waals surface area contributed by atoms with E-state index in [-0.39, 0.29) is 12.0 Å². The number of thioether (sulfide) groups is 1. The lowest BCUT2D eigenvalue weighted by Gasteiger charge is -2.31. The summed E-state index contributed by atoms with van der Waals surface area (Å²) in [4.78, 5) is 37.4. The first-order valence-electron chi connectivity index (χ1n) is 11.7. The first kappa shape index (κ1) is 31.5. The number of unbranched alkanes of at least 4 members (excludes halogenated alkanes) is 1.